The highest BCUT2D eigenvalue weighted by Crippen LogP contribution is 2.16. The lowest BCUT2D eigenvalue weighted by Crippen LogP contribution is -2.26. The molecular formula is C25H33N3O4. The molecule has 0 saturated heterocycles. The zero-order valence-electron chi connectivity index (χ0n) is 19.5. The van der Waals surface area contributed by atoms with Gasteiger partial charge in [-0.15, -0.1) is 0 Å². The minimum absolute atomic E-state index is 0.109. The number of carboxylic acids is 1. The van der Waals surface area contributed by atoms with Crippen molar-refractivity contribution in [1.82, 2.24) is 14.3 Å². The third kappa shape index (κ3) is 6.57. The summed E-state index contributed by atoms with van der Waals surface area (Å²) in [5, 5.41) is 13.5. The van der Waals surface area contributed by atoms with Crippen LogP contribution in [0.4, 0.5) is 0 Å². The third-order valence-corrected chi connectivity index (χ3v) is 4.85. The average Bonchev–Trinajstić information content (AvgIpc) is 3.07. The molecule has 1 aromatic heterocycles. The monoisotopic (exact) mass is 439 g/mol. The smallest absolute Gasteiger partial charge is 0.346 e. The Bertz CT molecular complexity index is 1050. The highest BCUT2D eigenvalue weighted by atomic mass is 16.5. The predicted molar refractivity (Wildman–Crippen MR) is 125 cm³/mol. The van der Waals surface area contributed by atoms with Crippen molar-refractivity contribution in [2.24, 2.45) is 0 Å². The van der Waals surface area contributed by atoms with E-state index in [0.717, 1.165) is 17.5 Å². The third-order valence-electron chi connectivity index (χ3n) is 4.85. The molecule has 1 atom stereocenters. The number of rotatable bonds is 9. The Morgan fingerprint density at radius 1 is 1.06 bits per heavy atom. The van der Waals surface area contributed by atoms with E-state index in [1.54, 1.807) is 16.7 Å². The summed E-state index contributed by atoms with van der Waals surface area (Å²) in [5.74, 6) is 0.188. The van der Waals surface area contributed by atoms with Gasteiger partial charge >= 0.3 is 11.7 Å². The normalized spacial score (nSPS) is 11.4. The van der Waals surface area contributed by atoms with Crippen LogP contribution in [-0.2, 0) is 24.3 Å². The van der Waals surface area contributed by atoms with Gasteiger partial charge in [-0.3, -0.25) is 4.57 Å². The lowest BCUT2D eigenvalue weighted by molar-refractivity contribution is -0.144. The molecule has 0 radical (unpaired) electrons. The maximum absolute atomic E-state index is 12.9. The fraction of sp³-hybridized carbons (Fsp3) is 0.400. The number of carboxylic acid groups (broad SMARTS) is 1. The summed E-state index contributed by atoms with van der Waals surface area (Å²) in [6.45, 7) is 10.6. The van der Waals surface area contributed by atoms with Crippen molar-refractivity contribution in [3.05, 3.63) is 81.5 Å². The minimum atomic E-state index is -1.01. The first-order valence-electron chi connectivity index (χ1n) is 11.1. The van der Waals surface area contributed by atoms with E-state index in [0.29, 0.717) is 31.1 Å². The molecule has 0 bridgehead atoms. The first-order chi connectivity index (χ1) is 15.4. The summed E-state index contributed by atoms with van der Waals surface area (Å²) in [6, 6.07) is 15.3. The molecule has 0 saturated carbocycles. The van der Waals surface area contributed by atoms with Crippen LogP contribution in [0.3, 0.4) is 0 Å². The Balaban J connectivity index is 0.00000176. The number of ether oxygens (including phenoxy) is 1. The summed E-state index contributed by atoms with van der Waals surface area (Å²) >= 11 is 0. The maximum atomic E-state index is 12.9. The second-order valence-electron chi connectivity index (χ2n) is 7.41. The zero-order chi connectivity index (χ0) is 23.7. The number of hydrogen-bond donors (Lipinski definition) is 1. The molecule has 0 aliphatic carbocycles. The van der Waals surface area contributed by atoms with Crippen molar-refractivity contribution in [2.75, 3.05) is 0 Å². The zero-order valence-corrected chi connectivity index (χ0v) is 19.5. The fourth-order valence-corrected chi connectivity index (χ4v) is 3.16. The second-order valence-corrected chi connectivity index (χ2v) is 7.41. The number of carbonyl (C=O) groups is 1. The van der Waals surface area contributed by atoms with E-state index in [1.165, 1.54) is 17.2 Å². The summed E-state index contributed by atoms with van der Waals surface area (Å²) in [6.07, 6.45) is 0.427. The molecule has 0 spiro atoms. The van der Waals surface area contributed by atoms with Crippen molar-refractivity contribution in [1.29, 1.82) is 0 Å². The standard InChI is InChI=1S/C23H27N3O4.C2H6/c1-4-13-25-21(14-18-9-11-20(12-10-18)30-17(3)22(27)28)24-26(23(25)29)15-19-7-5-16(2)6-8-19;1-2/h5-12,17H,4,13-15H2,1-3H3,(H,27,28);1-2H3. The minimum Gasteiger partial charge on any atom is -0.479 e. The Morgan fingerprint density at radius 3 is 2.22 bits per heavy atom. The summed E-state index contributed by atoms with van der Waals surface area (Å²) in [5.41, 5.74) is 3.07. The maximum Gasteiger partial charge on any atom is 0.346 e. The molecule has 1 unspecified atom stereocenters. The van der Waals surface area contributed by atoms with Crippen LogP contribution in [0.25, 0.3) is 0 Å². The molecule has 7 heteroatoms. The van der Waals surface area contributed by atoms with Crippen LogP contribution in [0, 0.1) is 6.92 Å². The van der Waals surface area contributed by atoms with E-state index in [2.05, 4.69) is 5.10 Å². The molecule has 3 rings (SSSR count). The number of aromatic nitrogens is 3. The van der Waals surface area contributed by atoms with Crippen LogP contribution in [0.5, 0.6) is 5.75 Å². The molecular weight excluding hydrogens is 406 g/mol. The summed E-state index contributed by atoms with van der Waals surface area (Å²) in [7, 11) is 0. The lowest BCUT2D eigenvalue weighted by atomic mass is 10.1. The van der Waals surface area contributed by atoms with Gasteiger partial charge in [-0.1, -0.05) is 62.7 Å². The molecule has 7 nitrogen and oxygen atoms in total. The first kappa shape index (κ1) is 24.9. The molecule has 0 amide bonds. The number of benzene rings is 2. The average molecular weight is 440 g/mol. The van der Waals surface area contributed by atoms with Crippen LogP contribution in [0.2, 0.25) is 0 Å². The van der Waals surface area contributed by atoms with Crippen LogP contribution >= 0.6 is 0 Å². The first-order valence-corrected chi connectivity index (χ1v) is 11.1. The number of aryl methyl sites for hydroxylation is 1. The molecule has 0 fully saturated rings. The highest BCUT2D eigenvalue weighted by molar-refractivity contribution is 5.72. The van der Waals surface area contributed by atoms with E-state index in [-0.39, 0.29) is 5.69 Å². The van der Waals surface area contributed by atoms with Crippen LogP contribution < -0.4 is 10.4 Å². The van der Waals surface area contributed by atoms with Gasteiger partial charge in [-0.05, 0) is 43.5 Å². The van der Waals surface area contributed by atoms with E-state index in [4.69, 9.17) is 9.84 Å². The van der Waals surface area contributed by atoms with Gasteiger partial charge in [-0.2, -0.15) is 5.10 Å². The van der Waals surface area contributed by atoms with Crippen molar-refractivity contribution >= 4 is 5.97 Å². The largest absolute Gasteiger partial charge is 0.479 e. The Kier molecular flexibility index (Phi) is 9.25. The van der Waals surface area contributed by atoms with Gasteiger partial charge in [0.1, 0.15) is 11.6 Å². The van der Waals surface area contributed by atoms with Crippen LogP contribution in [-0.4, -0.2) is 31.5 Å². The Hall–Kier alpha value is -3.35. The summed E-state index contributed by atoms with van der Waals surface area (Å²) < 4.78 is 8.61. The number of nitrogens with zero attached hydrogens (tertiary/aromatic N) is 3. The van der Waals surface area contributed by atoms with Crippen molar-refractivity contribution in [2.45, 2.75) is 66.7 Å². The molecule has 172 valence electrons. The SMILES string of the molecule is CC.CCCn1c(Cc2ccc(OC(C)C(=O)O)cc2)nn(Cc2ccc(C)cc2)c1=O. The molecule has 1 N–H and O–H groups in total. The van der Waals surface area contributed by atoms with Gasteiger partial charge in [0, 0.05) is 13.0 Å². The fourth-order valence-electron chi connectivity index (χ4n) is 3.16. The van der Waals surface area contributed by atoms with E-state index >= 15 is 0 Å². The molecule has 2 aromatic carbocycles. The topological polar surface area (TPSA) is 86.3 Å². The van der Waals surface area contributed by atoms with E-state index in [9.17, 15) is 9.59 Å². The van der Waals surface area contributed by atoms with Gasteiger partial charge < -0.3 is 9.84 Å². The number of hydrogen-bond acceptors (Lipinski definition) is 4. The summed E-state index contributed by atoms with van der Waals surface area (Å²) in [4.78, 5) is 23.8. The van der Waals surface area contributed by atoms with Gasteiger partial charge in [0.05, 0.1) is 6.54 Å². The molecule has 0 aliphatic heterocycles. The quantitative estimate of drug-likeness (QED) is 0.538. The molecule has 3 aromatic rings. The molecule has 1 heterocycles. The Labute approximate surface area is 189 Å². The van der Waals surface area contributed by atoms with Crippen LogP contribution in [0.1, 0.15) is 56.6 Å². The van der Waals surface area contributed by atoms with E-state index < -0.39 is 12.1 Å². The molecule has 0 aliphatic rings. The van der Waals surface area contributed by atoms with Gasteiger partial charge in [-0.25, -0.2) is 14.3 Å². The van der Waals surface area contributed by atoms with Gasteiger partial charge in [0.15, 0.2) is 6.10 Å². The van der Waals surface area contributed by atoms with Crippen molar-refractivity contribution in [3.63, 3.8) is 0 Å². The predicted octanol–water partition coefficient (Wildman–Crippen LogP) is 4.28. The highest BCUT2D eigenvalue weighted by Gasteiger charge is 2.15. The Morgan fingerprint density at radius 2 is 1.66 bits per heavy atom. The van der Waals surface area contributed by atoms with Crippen molar-refractivity contribution < 1.29 is 14.6 Å². The van der Waals surface area contributed by atoms with Crippen LogP contribution in [0.15, 0.2) is 53.3 Å². The second kappa shape index (κ2) is 11.9. The number of aliphatic carboxylic acids is 1. The molecule has 32 heavy (non-hydrogen) atoms. The van der Waals surface area contributed by atoms with E-state index in [1.807, 2.05) is 64.1 Å². The van der Waals surface area contributed by atoms with Gasteiger partial charge in [0.2, 0.25) is 0 Å². The van der Waals surface area contributed by atoms with Gasteiger partial charge in [0.25, 0.3) is 0 Å². The lowest BCUT2D eigenvalue weighted by Gasteiger charge is -2.10. The van der Waals surface area contributed by atoms with Crippen molar-refractivity contribution in [3.8, 4) is 5.75 Å².